The summed E-state index contributed by atoms with van der Waals surface area (Å²) in [4.78, 5) is 36.6. The van der Waals surface area contributed by atoms with Gasteiger partial charge in [0.25, 0.3) is 16.7 Å². The summed E-state index contributed by atoms with van der Waals surface area (Å²) in [6.45, 7) is 19.1. The monoisotopic (exact) mass is 1190 g/mol. The normalized spacial score (nSPS) is 13.7. The topological polar surface area (TPSA) is 199 Å². The molecule has 3 aromatic heterocycles. The van der Waals surface area contributed by atoms with Gasteiger partial charge in [-0.2, -0.15) is 0 Å². The smallest absolute Gasteiger partial charge is 0.266 e. The molecule has 0 amide bonds. The van der Waals surface area contributed by atoms with Crippen LogP contribution < -0.4 is 16.7 Å². The predicted octanol–water partition coefficient (Wildman–Crippen LogP) is 10.1. The van der Waals surface area contributed by atoms with Crippen molar-refractivity contribution in [3.63, 3.8) is 0 Å². The summed E-state index contributed by atoms with van der Waals surface area (Å²) in [6.07, 6.45) is 1.97. The molecule has 0 spiro atoms. The molecule has 408 valence electrons. The van der Waals surface area contributed by atoms with Crippen LogP contribution in [-0.4, -0.2) is 76.5 Å². The van der Waals surface area contributed by atoms with Crippen LogP contribution in [0.15, 0.2) is 125 Å². The highest BCUT2D eigenvalue weighted by atomic mass is 35.5. The maximum atomic E-state index is 12.6. The molecule has 0 radical (unpaired) electrons. The molecule has 0 saturated carbocycles. The summed E-state index contributed by atoms with van der Waals surface area (Å²) in [6, 6.07) is 19.1. The van der Waals surface area contributed by atoms with E-state index < -0.39 is 43.2 Å². The zero-order valence-corrected chi connectivity index (χ0v) is 50.5. The lowest BCUT2D eigenvalue weighted by Crippen LogP contribution is -2.30. The van der Waals surface area contributed by atoms with Crippen LogP contribution in [0.4, 0.5) is 0 Å². The molecule has 0 aliphatic carbocycles. The molecule has 8 rings (SSSR count). The van der Waals surface area contributed by atoms with Gasteiger partial charge in [0.15, 0.2) is 0 Å². The van der Waals surface area contributed by atoms with Crippen molar-refractivity contribution in [1.82, 2.24) is 39.8 Å². The van der Waals surface area contributed by atoms with Gasteiger partial charge in [-0.3, -0.25) is 65.9 Å². The zero-order valence-electron chi connectivity index (χ0n) is 44.3. The Bertz CT molecular complexity index is 3630. The number of likely N-dealkylation sites (N-methyl/N-ethyl adjacent to an activating group) is 1. The number of nitrogens with one attached hydrogen (secondary N) is 4. The van der Waals surface area contributed by atoms with Gasteiger partial charge >= 0.3 is 0 Å². The number of hydrogen-bond acceptors (Lipinski definition) is 9. The lowest BCUT2D eigenvalue weighted by molar-refractivity contribution is 0.134. The fraction of sp³-hybridized carbons (Fsp3) is 0.302. The summed E-state index contributed by atoms with van der Waals surface area (Å²) < 4.78 is 52.6. The number of halogens is 4. The largest absolute Gasteiger partial charge is 0.301 e. The van der Waals surface area contributed by atoms with E-state index in [9.17, 15) is 31.2 Å². The summed E-state index contributed by atoms with van der Waals surface area (Å²) >= 11 is 24.1. The highest BCUT2D eigenvalue weighted by Gasteiger charge is 2.22. The van der Waals surface area contributed by atoms with E-state index in [0.717, 1.165) is 81.2 Å². The van der Waals surface area contributed by atoms with Crippen LogP contribution in [0.2, 0.25) is 20.1 Å². The number of H-pyrrole nitrogens is 4. The van der Waals surface area contributed by atoms with E-state index in [1.54, 1.807) is 18.8 Å². The third-order valence-electron chi connectivity index (χ3n) is 12.1. The number of aryl methyl sites for hydroxylation is 10. The number of hydrogen-bond donors (Lipinski definition) is 4. The lowest BCUT2D eigenvalue weighted by Gasteiger charge is -2.26. The van der Waals surface area contributed by atoms with E-state index in [2.05, 4.69) is 27.0 Å². The Hall–Kier alpha value is -5.25. The van der Waals surface area contributed by atoms with Gasteiger partial charge in [0, 0.05) is 97.5 Å². The van der Waals surface area contributed by atoms with E-state index in [-0.39, 0.29) is 28.2 Å². The van der Waals surface area contributed by atoms with Crippen molar-refractivity contribution in [1.29, 1.82) is 0 Å². The van der Waals surface area contributed by atoms with E-state index in [4.69, 9.17) is 46.4 Å². The molecule has 4 atom stereocenters. The summed E-state index contributed by atoms with van der Waals surface area (Å²) in [7, 11) is 2.55. The van der Waals surface area contributed by atoms with Crippen LogP contribution in [0, 0.1) is 55.4 Å². The molecule has 0 bridgehead atoms. The minimum atomic E-state index is -1.20. The SMILES string of the molecule is C=C1C=C(CS(=O)c2cc(C)c(Cl)cc2C)N(C)N1C.Cc1cc(S(=O)Cc2cc(=O)[nH][nH]2)c(C)cc1Cl.Cc1cc(S(=O)Cc2cc(=O)[nH]n2C)c(C)cc1Cl.Cc1cc(S(=O)Cc2cc(=O)n(C)[nH]2)c(C)cc1Cl. The second-order valence-corrected chi connectivity index (χ2v) is 25.5. The van der Waals surface area contributed by atoms with Gasteiger partial charge in [-0.1, -0.05) is 53.0 Å². The van der Waals surface area contributed by atoms with Crippen molar-refractivity contribution in [3.8, 4) is 0 Å². The van der Waals surface area contributed by atoms with Crippen molar-refractivity contribution in [2.24, 2.45) is 14.1 Å². The first-order valence-corrected chi connectivity index (χ1v) is 30.1. The quantitative estimate of drug-likeness (QED) is 0.0920. The Kier molecular flexibility index (Phi) is 21.8. The Morgan fingerprint density at radius 2 is 0.829 bits per heavy atom. The van der Waals surface area contributed by atoms with Gasteiger partial charge in [-0.15, -0.1) is 0 Å². The molecule has 0 saturated heterocycles. The Morgan fingerprint density at radius 3 is 1.16 bits per heavy atom. The predicted molar refractivity (Wildman–Crippen MR) is 312 cm³/mol. The number of nitrogens with zero attached hydrogens (tertiary/aromatic N) is 4. The fourth-order valence-corrected chi connectivity index (χ4v) is 13.8. The van der Waals surface area contributed by atoms with Crippen molar-refractivity contribution < 1.29 is 16.8 Å². The van der Waals surface area contributed by atoms with Crippen LogP contribution in [0.5, 0.6) is 0 Å². The summed E-state index contributed by atoms with van der Waals surface area (Å²) in [5.41, 5.74) is 10.7. The lowest BCUT2D eigenvalue weighted by atomic mass is 10.2. The van der Waals surface area contributed by atoms with Crippen LogP contribution in [0.25, 0.3) is 0 Å². The Labute approximate surface area is 472 Å². The molecule has 1 aliphatic rings. The van der Waals surface area contributed by atoms with Gasteiger partial charge < -0.3 is 5.10 Å². The first kappa shape index (κ1) is 61.6. The fourth-order valence-electron chi connectivity index (χ4n) is 7.49. The maximum absolute atomic E-state index is 12.6. The molecule has 23 heteroatoms. The van der Waals surface area contributed by atoms with Crippen molar-refractivity contribution in [3.05, 3.63) is 204 Å². The number of allylic oxidation sites excluding steroid dienone is 1. The van der Waals surface area contributed by atoms with Crippen molar-refractivity contribution in [2.45, 2.75) is 92.2 Å². The first-order chi connectivity index (χ1) is 35.5. The van der Waals surface area contributed by atoms with Gasteiger partial charge in [0.1, 0.15) is 0 Å². The third kappa shape index (κ3) is 16.2. The van der Waals surface area contributed by atoms with Gasteiger partial charge in [0.2, 0.25) is 0 Å². The van der Waals surface area contributed by atoms with E-state index in [1.165, 1.54) is 22.9 Å². The van der Waals surface area contributed by atoms with Crippen LogP contribution in [-0.2, 0) is 74.6 Å². The van der Waals surface area contributed by atoms with E-state index >= 15 is 0 Å². The average molecular weight is 1190 g/mol. The van der Waals surface area contributed by atoms with Crippen LogP contribution in [0.3, 0.4) is 0 Å². The minimum absolute atomic E-state index is 0.129. The van der Waals surface area contributed by atoms with Crippen LogP contribution in [0.1, 0.15) is 61.6 Å². The van der Waals surface area contributed by atoms with Gasteiger partial charge in [-0.05, 0) is 155 Å². The molecule has 4 aromatic carbocycles. The second kappa shape index (κ2) is 26.9. The van der Waals surface area contributed by atoms with Gasteiger partial charge in [-0.25, -0.2) is 0 Å². The highest BCUT2D eigenvalue weighted by Crippen LogP contribution is 2.29. The third-order valence-corrected chi connectivity index (χ3v) is 19.8. The molecule has 15 nitrogen and oxygen atoms in total. The molecular weight excluding hydrogens is 1130 g/mol. The molecule has 4 unspecified atom stereocenters. The first-order valence-electron chi connectivity index (χ1n) is 23.3. The molecule has 7 aromatic rings. The standard InChI is InChI=1S/C15H19ClN2OS.2C13H15ClN2O2S.C12H13ClN2O2S/c1-10-7-15(11(2)6-14(10)16)20(19)9-13-8-12(3)17(4)18(13)5;1-8-5-12(9(2)4-11(8)14)19(18)7-10-6-13(17)15-16(10)3;1-8-5-12(9(2)4-11(8)14)19(18)7-10-6-13(17)16(3)15-10;1-7-4-11(8(2)3-10(7)13)18(17)6-9-5-12(16)15-14-9/h6-8H,3,9H2,1-2,4-5H3;4-6H,7H2,1-3H3,(H,15,17);4-6,15H,7H2,1-3H3;3-5H,6H2,1-2H3,(H2,14,15,16). The second-order valence-electron chi connectivity index (χ2n) is 18.2. The molecule has 1 aliphatic heterocycles. The van der Waals surface area contributed by atoms with Crippen molar-refractivity contribution in [2.75, 3.05) is 19.8 Å². The highest BCUT2D eigenvalue weighted by molar-refractivity contribution is 7.85. The molecule has 4 heterocycles. The van der Waals surface area contributed by atoms with E-state index in [1.807, 2.05) is 134 Å². The number of aromatic nitrogens is 6. The van der Waals surface area contributed by atoms with Gasteiger partial charge in [0.05, 0.1) is 83.3 Å². The minimum Gasteiger partial charge on any atom is -0.301 e. The van der Waals surface area contributed by atoms with Crippen molar-refractivity contribution >= 4 is 89.6 Å². The number of benzene rings is 4. The number of hydrazine groups is 1. The average Bonchev–Trinajstić information content (AvgIpc) is 4.06. The number of rotatable bonds is 12. The Balaban J connectivity index is 0.000000187. The molecule has 76 heavy (non-hydrogen) atoms. The zero-order chi connectivity index (χ0) is 56.6. The Morgan fingerprint density at radius 1 is 0.434 bits per heavy atom. The molecule has 4 N–H and O–H groups in total. The maximum Gasteiger partial charge on any atom is 0.266 e. The summed E-state index contributed by atoms with van der Waals surface area (Å²) in [5, 5.41) is 17.2. The van der Waals surface area contributed by atoms with Crippen LogP contribution >= 0.6 is 46.4 Å². The molecule has 0 fully saturated rings. The van der Waals surface area contributed by atoms with E-state index in [0.29, 0.717) is 43.0 Å². The number of aromatic amines is 4. The summed E-state index contributed by atoms with van der Waals surface area (Å²) in [5.74, 6) is 1.34. The molecular formula is C53H62Cl4N8O7S4.